The van der Waals surface area contributed by atoms with Crippen molar-refractivity contribution in [3.63, 3.8) is 0 Å². The van der Waals surface area contributed by atoms with Crippen LogP contribution < -0.4 is 0 Å². The molecule has 0 unspecified atom stereocenters. The molecule has 2 heteroatoms. The predicted molar refractivity (Wildman–Crippen MR) is 55.8 cm³/mol. The average molecular weight is 186 g/mol. The van der Waals surface area contributed by atoms with E-state index in [0.717, 1.165) is 29.0 Å². The van der Waals surface area contributed by atoms with Gasteiger partial charge in [0.15, 0.2) is 0 Å². The van der Waals surface area contributed by atoms with E-state index in [1.54, 1.807) is 0 Å². The van der Waals surface area contributed by atoms with E-state index in [1.165, 1.54) is 0 Å². The van der Waals surface area contributed by atoms with Gasteiger partial charge in [-0.05, 0) is 18.6 Å². The molecule has 2 nitrogen and oxygen atoms in total. The van der Waals surface area contributed by atoms with Crippen LogP contribution in [0.3, 0.4) is 0 Å². The molecule has 1 aromatic carbocycles. The summed E-state index contributed by atoms with van der Waals surface area (Å²) >= 11 is 0. The molecule has 0 amide bonds. The van der Waals surface area contributed by atoms with E-state index < -0.39 is 0 Å². The minimum absolute atomic E-state index is 0.872. The first-order valence-electron chi connectivity index (χ1n) is 4.67. The molecule has 0 spiro atoms. The highest BCUT2D eigenvalue weighted by atomic mass is 16.5. The van der Waals surface area contributed by atoms with Gasteiger partial charge >= 0.3 is 0 Å². The Hall–Kier alpha value is -1.57. The minimum atomic E-state index is 0.872. The highest BCUT2D eigenvalue weighted by molar-refractivity contribution is 5.60. The smallest absolute Gasteiger partial charge is 0.137 e. The fourth-order valence-corrected chi connectivity index (χ4v) is 1.35. The summed E-state index contributed by atoms with van der Waals surface area (Å²) in [7, 11) is 0. The SMILES string of the molecule is [CH2]c1cccc(-c2cc(CC)on2)c1. The Balaban J connectivity index is 2.39. The molecule has 1 radical (unpaired) electrons. The number of nitrogens with zero attached hydrogens (tertiary/aromatic N) is 1. The lowest BCUT2D eigenvalue weighted by Gasteiger charge is -1.95. The third kappa shape index (κ3) is 1.69. The monoisotopic (exact) mass is 186 g/mol. The Morgan fingerprint density at radius 2 is 2.21 bits per heavy atom. The zero-order valence-corrected chi connectivity index (χ0v) is 8.16. The lowest BCUT2D eigenvalue weighted by atomic mass is 10.1. The quantitative estimate of drug-likeness (QED) is 0.720. The normalized spacial score (nSPS) is 10.4. The van der Waals surface area contributed by atoms with E-state index in [0.29, 0.717) is 0 Å². The van der Waals surface area contributed by atoms with Gasteiger partial charge < -0.3 is 4.52 Å². The number of hydrogen-bond acceptors (Lipinski definition) is 2. The van der Waals surface area contributed by atoms with E-state index in [-0.39, 0.29) is 0 Å². The van der Waals surface area contributed by atoms with E-state index >= 15 is 0 Å². The molecule has 0 bridgehead atoms. The lowest BCUT2D eigenvalue weighted by Crippen LogP contribution is -1.77. The van der Waals surface area contributed by atoms with Crippen molar-refractivity contribution in [3.8, 4) is 11.3 Å². The molecular formula is C12H12NO. The molecule has 1 aromatic heterocycles. The van der Waals surface area contributed by atoms with Crippen LogP contribution in [0.25, 0.3) is 11.3 Å². The molecule has 0 saturated carbocycles. The van der Waals surface area contributed by atoms with Gasteiger partial charge in [0.2, 0.25) is 0 Å². The van der Waals surface area contributed by atoms with E-state index in [1.807, 2.05) is 37.3 Å². The van der Waals surface area contributed by atoms with Crippen molar-refractivity contribution in [2.45, 2.75) is 13.3 Å². The van der Waals surface area contributed by atoms with Crippen molar-refractivity contribution >= 4 is 0 Å². The van der Waals surface area contributed by atoms with Crippen molar-refractivity contribution < 1.29 is 4.52 Å². The zero-order valence-electron chi connectivity index (χ0n) is 8.16. The van der Waals surface area contributed by atoms with Gasteiger partial charge in [-0.25, -0.2) is 0 Å². The first-order valence-corrected chi connectivity index (χ1v) is 4.67. The fourth-order valence-electron chi connectivity index (χ4n) is 1.35. The number of aryl methyl sites for hydroxylation is 1. The van der Waals surface area contributed by atoms with Crippen LogP contribution in [0.5, 0.6) is 0 Å². The van der Waals surface area contributed by atoms with Gasteiger partial charge in [-0.3, -0.25) is 0 Å². The zero-order chi connectivity index (χ0) is 9.97. The van der Waals surface area contributed by atoms with Crippen LogP contribution >= 0.6 is 0 Å². The Bertz CT molecular complexity index is 431. The maximum atomic E-state index is 5.14. The van der Waals surface area contributed by atoms with Crippen molar-refractivity contribution in [1.29, 1.82) is 0 Å². The van der Waals surface area contributed by atoms with E-state index in [2.05, 4.69) is 12.1 Å². The highest BCUT2D eigenvalue weighted by Gasteiger charge is 2.04. The van der Waals surface area contributed by atoms with Gasteiger partial charge in [0.05, 0.1) is 0 Å². The van der Waals surface area contributed by atoms with Gasteiger partial charge in [0.25, 0.3) is 0 Å². The average Bonchev–Trinajstić information content (AvgIpc) is 2.66. The molecule has 2 rings (SSSR count). The molecule has 0 aliphatic rings. The molecule has 14 heavy (non-hydrogen) atoms. The molecule has 0 saturated heterocycles. The molecule has 1 heterocycles. The second-order valence-corrected chi connectivity index (χ2v) is 3.23. The summed E-state index contributed by atoms with van der Waals surface area (Å²) < 4.78 is 5.14. The topological polar surface area (TPSA) is 26.0 Å². The maximum Gasteiger partial charge on any atom is 0.137 e. The van der Waals surface area contributed by atoms with Crippen LogP contribution in [0.2, 0.25) is 0 Å². The number of benzene rings is 1. The molecule has 0 aliphatic heterocycles. The van der Waals surface area contributed by atoms with Crippen molar-refractivity contribution in [2.24, 2.45) is 0 Å². The van der Waals surface area contributed by atoms with Gasteiger partial charge in [-0.15, -0.1) is 0 Å². The summed E-state index contributed by atoms with van der Waals surface area (Å²) in [4.78, 5) is 0. The van der Waals surface area contributed by atoms with Crippen LogP contribution in [0.1, 0.15) is 18.2 Å². The standard InChI is InChI=1S/C12H12NO/c1-3-11-8-12(13-14-11)10-6-4-5-9(2)7-10/h4-8H,2-3H2,1H3. The number of rotatable bonds is 2. The van der Waals surface area contributed by atoms with Crippen molar-refractivity contribution in [2.75, 3.05) is 0 Å². The summed E-state index contributed by atoms with van der Waals surface area (Å²) in [6.07, 6.45) is 0.872. The first kappa shape index (κ1) is 9.00. The lowest BCUT2D eigenvalue weighted by molar-refractivity contribution is 0.389. The molecule has 0 fully saturated rings. The summed E-state index contributed by atoms with van der Waals surface area (Å²) in [5.74, 6) is 0.912. The van der Waals surface area contributed by atoms with Gasteiger partial charge in [0, 0.05) is 18.1 Å². The van der Waals surface area contributed by atoms with Gasteiger partial charge in [0.1, 0.15) is 11.5 Å². The van der Waals surface area contributed by atoms with Crippen LogP contribution in [-0.4, -0.2) is 5.16 Å². The highest BCUT2D eigenvalue weighted by Crippen LogP contribution is 2.20. The van der Waals surface area contributed by atoms with E-state index in [9.17, 15) is 0 Å². The summed E-state index contributed by atoms with van der Waals surface area (Å²) in [6, 6.07) is 9.90. The van der Waals surface area contributed by atoms with Crippen LogP contribution in [0.15, 0.2) is 34.9 Å². The number of aromatic nitrogens is 1. The van der Waals surface area contributed by atoms with E-state index in [4.69, 9.17) is 4.52 Å². The van der Waals surface area contributed by atoms with Crippen LogP contribution in [0, 0.1) is 6.92 Å². The molecule has 0 N–H and O–H groups in total. The van der Waals surface area contributed by atoms with Crippen LogP contribution in [-0.2, 0) is 6.42 Å². The third-order valence-electron chi connectivity index (χ3n) is 2.13. The molecule has 71 valence electrons. The first-order chi connectivity index (χ1) is 6.79. The van der Waals surface area contributed by atoms with Gasteiger partial charge in [-0.1, -0.05) is 30.3 Å². The maximum absolute atomic E-state index is 5.14. The minimum Gasteiger partial charge on any atom is -0.361 e. The molecule has 2 aromatic rings. The summed E-state index contributed by atoms with van der Waals surface area (Å²) in [5.41, 5.74) is 2.93. The largest absolute Gasteiger partial charge is 0.361 e. The fraction of sp³-hybridized carbons (Fsp3) is 0.167. The molecule has 0 atom stereocenters. The molecular weight excluding hydrogens is 174 g/mol. The number of hydrogen-bond donors (Lipinski definition) is 0. The van der Waals surface area contributed by atoms with Crippen molar-refractivity contribution in [1.82, 2.24) is 5.16 Å². The second kappa shape index (κ2) is 3.66. The van der Waals surface area contributed by atoms with Gasteiger partial charge in [-0.2, -0.15) is 0 Å². The summed E-state index contributed by atoms with van der Waals surface area (Å²) in [5, 5.41) is 4.00. The third-order valence-corrected chi connectivity index (χ3v) is 2.13. The second-order valence-electron chi connectivity index (χ2n) is 3.23. The molecule has 0 aliphatic carbocycles. The Kier molecular flexibility index (Phi) is 2.35. The Labute approximate surface area is 83.5 Å². The summed E-state index contributed by atoms with van der Waals surface area (Å²) in [6.45, 7) is 5.92. The Morgan fingerprint density at radius 1 is 1.36 bits per heavy atom. The Morgan fingerprint density at radius 3 is 2.86 bits per heavy atom. The predicted octanol–water partition coefficient (Wildman–Crippen LogP) is 3.09. The van der Waals surface area contributed by atoms with Crippen LogP contribution in [0.4, 0.5) is 0 Å². The van der Waals surface area contributed by atoms with Crippen molar-refractivity contribution in [3.05, 3.63) is 48.6 Å².